The van der Waals surface area contributed by atoms with Gasteiger partial charge >= 0.3 is 6.61 Å². The van der Waals surface area contributed by atoms with Gasteiger partial charge < -0.3 is 19.3 Å². The number of nitrogens with one attached hydrogen (secondary N) is 1. The minimum atomic E-state index is -3.03. The zero-order valence-corrected chi connectivity index (χ0v) is 17.5. The molecule has 2 heterocycles. The molecule has 9 heteroatoms. The molecule has 4 aromatic rings. The van der Waals surface area contributed by atoms with E-state index in [-0.39, 0.29) is 22.7 Å². The Kier molecular flexibility index (Phi) is 5.72. The number of carbonyl (C=O) groups is 1. The monoisotopic (exact) mass is 439 g/mol. The summed E-state index contributed by atoms with van der Waals surface area (Å²) in [6.07, 6.45) is 0. The van der Waals surface area contributed by atoms with Crippen LogP contribution in [0.2, 0.25) is 0 Å². The Morgan fingerprint density at radius 3 is 2.53 bits per heavy atom. The summed E-state index contributed by atoms with van der Waals surface area (Å²) in [5.74, 6) is -0.00286. The van der Waals surface area contributed by atoms with E-state index in [9.17, 15) is 13.6 Å². The van der Waals surface area contributed by atoms with Crippen molar-refractivity contribution in [3.05, 3.63) is 65.4 Å². The number of pyridine rings is 1. The number of carbonyl (C=O) groups excluding carboxylic acids is 1. The van der Waals surface area contributed by atoms with E-state index in [1.807, 2.05) is 0 Å². The molecule has 0 atom stereocenters. The number of amides is 1. The SMILES string of the molecule is COc1ccc(-c2noc3nc(C)cc(C(=O)Nc4ccc(C)cc4OC(F)F)c23)cc1. The van der Waals surface area contributed by atoms with Gasteiger partial charge in [-0.25, -0.2) is 4.98 Å². The molecule has 0 bridgehead atoms. The minimum absolute atomic E-state index is 0.117. The van der Waals surface area contributed by atoms with Crippen molar-refractivity contribution < 1.29 is 27.6 Å². The number of nitrogens with zero attached hydrogens (tertiary/aromatic N) is 2. The van der Waals surface area contributed by atoms with Crippen LogP contribution in [0.5, 0.6) is 11.5 Å². The van der Waals surface area contributed by atoms with Gasteiger partial charge in [-0.15, -0.1) is 0 Å². The highest BCUT2D eigenvalue weighted by molar-refractivity contribution is 6.15. The van der Waals surface area contributed by atoms with Crippen LogP contribution < -0.4 is 14.8 Å². The normalized spacial score (nSPS) is 11.1. The first kappa shape index (κ1) is 21.2. The molecule has 7 nitrogen and oxygen atoms in total. The lowest BCUT2D eigenvalue weighted by Gasteiger charge is -2.13. The fourth-order valence-corrected chi connectivity index (χ4v) is 3.31. The maximum atomic E-state index is 13.2. The fraction of sp³-hybridized carbons (Fsp3) is 0.174. The first-order valence-corrected chi connectivity index (χ1v) is 9.64. The van der Waals surface area contributed by atoms with Crippen LogP contribution in [0.25, 0.3) is 22.4 Å². The molecule has 0 aliphatic heterocycles. The van der Waals surface area contributed by atoms with Gasteiger partial charge in [0.15, 0.2) is 0 Å². The highest BCUT2D eigenvalue weighted by atomic mass is 19.3. The summed E-state index contributed by atoms with van der Waals surface area (Å²) in [4.78, 5) is 17.5. The maximum Gasteiger partial charge on any atom is 0.387 e. The van der Waals surface area contributed by atoms with E-state index in [2.05, 4.69) is 20.2 Å². The molecule has 0 spiro atoms. The van der Waals surface area contributed by atoms with Gasteiger partial charge in [-0.1, -0.05) is 11.2 Å². The molecule has 4 rings (SSSR count). The van der Waals surface area contributed by atoms with E-state index >= 15 is 0 Å². The Balaban J connectivity index is 1.77. The number of benzene rings is 2. The lowest BCUT2D eigenvalue weighted by molar-refractivity contribution is -0.0494. The first-order valence-electron chi connectivity index (χ1n) is 9.64. The van der Waals surface area contributed by atoms with E-state index in [1.165, 1.54) is 12.1 Å². The molecule has 0 radical (unpaired) electrons. The molecule has 0 aliphatic rings. The number of fused-ring (bicyclic) bond motifs is 1. The van der Waals surface area contributed by atoms with Gasteiger partial charge in [-0.2, -0.15) is 8.78 Å². The van der Waals surface area contributed by atoms with Gasteiger partial charge in [0.2, 0.25) is 0 Å². The average molecular weight is 439 g/mol. The van der Waals surface area contributed by atoms with Crippen molar-refractivity contribution in [1.82, 2.24) is 10.1 Å². The van der Waals surface area contributed by atoms with E-state index in [0.717, 1.165) is 0 Å². The predicted molar refractivity (Wildman–Crippen MR) is 114 cm³/mol. The highest BCUT2D eigenvalue weighted by Gasteiger charge is 2.22. The molecule has 32 heavy (non-hydrogen) atoms. The van der Waals surface area contributed by atoms with Crippen molar-refractivity contribution in [3.63, 3.8) is 0 Å². The van der Waals surface area contributed by atoms with Gasteiger partial charge in [-0.3, -0.25) is 4.79 Å². The number of aromatic nitrogens is 2. The average Bonchev–Trinajstić information content (AvgIpc) is 3.18. The number of anilines is 1. The van der Waals surface area contributed by atoms with Crippen LogP contribution in [-0.2, 0) is 0 Å². The van der Waals surface area contributed by atoms with Crippen LogP contribution in [0.4, 0.5) is 14.5 Å². The second-order valence-electron chi connectivity index (χ2n) is 7.08. The molecule has 0 saturated carbocycles. The third kappa shape index (κ3) is 4.22. The molecule has 2 aromatic carbocycles. The standard InChI is InChI=1S/C23H19F2N3O4/c1-12-4-9-17(18(10-12)31-23(24)25)27-21(29)16-11-13(2)26-22-19(16)20(28-32-22)14-5-7-15(30-3)8-6-14/h4-11,23H,1-3H3,(H,27,29). The molecule has 0 fully saturated rings. The van der Waals surface area contributed by atoms with E-state index < -0.39 is 12.5 Å². The summed E-state index contributed by atoms with van der Waals surface area (Å²) < 4.78 is 40.8. The van der Waals surface area contributed by atoms with Gasteiger partial charge in [-0.05, 0) is 61.9 Å². The largest absolute Gasteiger partial charge is 0.497 e. The van der Waals surface area contributed by atoms with Crippen LogP contribution in [0, 0.1) is 13.8 Å². The second kappa shape index (κ2) is 8.62. The molecule has 0 unspecified atom stereocenters. The number of hydrogen-bond acceptors (Lipinski definition) is 6. The molecular formula is C23H19F2N3O4. The number of ether oxygens (including phenoxy) is 2. The zero-order chi connectivity index (χ0) is 22.8. The summed E-state index contributed by atoms with van der Waals surface area (Å²) >= 11 is 0. The summed E-state index contributed by atoms with van der Waals surface area (Å²) in [7, 11) is 1.56. The van der Waals surface area contributed by atoms with Gasteiger partial charge in [0.05, 0.1) is 23.7 Å². The number of hydrogen-bond donors (Lipinski definition) is 1. The highest BCUT2D eigenvalue weighted by Crippen LogP contribution is 2.33. The van der Waals surface area contributed by atoms with Gasteiger partial charge in [0.1, 0.15) is 17.2 Å². The van der Waals surface area contributed by atoms with Crippen molar-refractivity contribution in [1.29, 1.82) is 0 Å². The minimum Gasteiger partial charge on any atom is -0.497 e. The topological polar surface area (TPSA) is 86.5 Å². The van der Waals surface area contributed by atoms with Crippen LogP contribution >= 0.6 is 0 Å². The number of halogens is 2. The van der Waals surface area contributed by atoms with Gasteiger partial charge in [0.25, 0.3) is 11.6 Å². The molecule has 1 N–H and O–H groups in total. The lowest BCUT2D eigenvalue weighted by Crippen LogP contribution is -2.15. The fourth-order valence-electron chi connectivity index (χ4n) is 3.31. The molecule has 1 amide bonds. The molecular weight excluding hydrogens is 420 g/mol. The third-order valence-electron chi connectivity index (χ3n) is 4.78. The zero-order valence-electron chi connectivity index (χ0n) is 17.5. The maximum absolute atomic E-state index is 13.2. The van der Waals surface area contributed by atoms with Crippen LogP contribution in [0.15, 0.2) is 53.1 Å². The molecule has 164 valence electrons. The van der Waals surface area contributed by atoms with E-state index in [4.69, 9.17) is 9.26 Å². The number of methoxy groups -OCH3 is 1. The Bertz CT molecular complexity index is 1290. The van der Waals surface area contributed by atoms with Crippen LogP contribution in [-0.4, -0.2) is 29.8 Å². The quantitative estimate of drug-likeness (QED) is 0.435. The number of rotatable bonds is 6. The second-order valence-corrected chi connectivity index (χ2v) is 7.08. The Labute approximate surface area is 182 Å². The molecule has 2 aromatic heterocycles. The van der Waals surface area contributed by atoms with Crippen molar-refractivity contribution in [2.45, 2.75) is 20.5 Å². The van der Waals surface area contributed by atoms with E-state index in [1.54, 1.807) is 57.4 Å². The summed E-state index contributed by atoms with van der Waals surface area (Å²) in [5.41, 5.74) is 2.91. The molecule has 0 aliphatic carbocycles. The Morgan fingerprint density at radius 1 is 1.09 bits per heavy atom. The van der Waals surface area contributed by atoms with Crippen molar-refractivity contribution in [2.75, 3.05) is 12.4 Å². The predicted octanol–water partition coefficient (Wildman–Crippen LogP) is 5.37. The third-order valence-corrected chi connectivity index (χ3v) is 4.78. The first-order chi connectivity index (χ1) is 15.4. The Morgan fingerprint density at radius 2 is 1.84 bits per heavy atom. The van der Waals surface area contributed by atoms with Gasteiger partial charge in [0, 0.05) is 11.3 Å². The Hall–Kier alpha value is -4.01. The smallest absolute Gasteiger partial charge is 0.387 e. The number of alkyl halides is 2. The summed E-state index contributed by atoms with van der Waals surface area (Å²) in [5, 5.41) is 7.15. The lowest BCUT2D eigenvalue weighted by atomic mass is 10.0. The number of aryl methyl sites for hydroxylation is 2. The van der Waals surface area contributed by atoms with Crippen LogP contribution in [0.1, 0.15) is 21.6 Å². The summed E-state index contributed by atoms with van der Waals surface area (Å²) in [6, 6.07) is 13.3. The summed E-state index contributed by atoms with van der Waals surface area (Å²) in [6.45, 7) is 0.420. The van der Waals surface area contributed by atoms with Crippen LogP contribution in [0.3, 0.4) is 0 Å². The van der Waals surface area contributed by atoms with Crippen molar-refractivity contribution in [2.24, 2.45) is 0 Å². The van der Waals surface area contributed by atoms with Crippen molar-refractivity contribution in [3.8, 4) is 22.8 Å². The molecule has 0 saturated heterocycles. The van der Waals surface area contributed by atoms with Crippen molar-refractivity contribution >= 4 is 22.7 Å². The van der Waals surface area contributed by atoms with E-state index in [0.29, 0.717) is 33.7 Å².